The lowest BCUT2D eigenvalue weighted by atomic mass is 10.1. The summed E-state index contributed by atoms with van der Waals surface area (Å²) in [5, 5.41) is 11.7. The highest BCUT2D eigenvalue weighted by molar-refractivity contribution is 5.97. The van der Waals surface area contributed by atoms with E-state index in [2.05, 4.69) is 5.32 Å². The van der Waals surface area contributed by atoms with Crippen molar-refractivity contribution in [3.05, 3.63) is 29.8 Å². The van der Waals surface area contributed by atoms with Crippen LogP contribution in [-0.2, 0) is 0 Å². The first-order chi connectivity index (χ1) is 9.54. The predicted molar refractivity (Wildman–Crippen MR) is 79.1 cm³/mol. The van der Waals surface area contributed by atoms with E-state index < -0.39 is 0 Å². The van der Waals surface area contributed by atoms with E-state index in [1.807, 2.05) is 38.1 Å². The van der Waals surface area contributed by atoms with Crippen molar-refractivity contribution >= 4 is 5.91 Å². The first-order valence-electron chi connectivity index (χ1n) is 6.83. The van der Waals surface area contributed by atoms with Crippen molar-refractivity contribution in [2.75, 3.05) is 33.9 Å². The lowest BCUT2D eigenvalue weighted by molar-refractivity contribution is 0.0930. The molecule has 0 heterocycles. The van der Waals surface area contributed by atoms with Crippen LogP contribution in [0.3, 0.4) is 0 Å². The highest BCUT2D eigenvalue weighted by Crippen LogP contribution is 2.18. The second kappa shape index (κ2) is 8.55. The molecule has 1 amide bonds. The van der Waals surface area contributed by atoms with Gasteiger partial charge in [-0.3, -0.25) is 4.79 Å². The molecule has 0 saturated carbocycles. The van der Waals surface area contributed by atoms with Crippen LogP contribution in [0, 0.1) is 0 Å². The fraction of sp³-hybridized carbons (Fsp3) is 0.533. The molecular weight excluding hydrogens is 256 g/mol. The number of aliphatic hydroxyl groups excluding tert-OH is 1. The summed E-state index contributed by atoms with van der Waals surface area (Å²) in [5.41, 5.74) is 0.524. The van der Waals surface area contributed by atoms with Crippen LogP contribution in [0.2, 0.25) is 0 Å². The summed E-state index contributed by atoms with van der Waals surface area (Å²) in [6.07, 6.45) is 0.537. The molecule has 0 bridgehead atoms. The number of para-hydroxylation sites is 1. The second-order valence-corrected chi connectivity index (χ2v) is 5.03. The molecule has 1 aromatic carbocycles. The normalized spacial score (nSPS) is 12.2. The summed E-state index contributed by atoms with van der Waals surface area (Å²) in [6, 6.07) is 7.12. The zero-order valence-corrected chi connectivity index (χ0v) is 12.4. The minimum Gasteiger partial charge on any atom is -0.491 e. The van der Waals surface area contributed by atoms with Gasteiger partial charge >= 0.3 is 0 Å². The van der Waals surface area contributed by atoms with Crippen LogP contribution in [-0.4, -0.2) is 55.8 Å². The molecule has 5 heteroatoms. The molecule has 0 spiro atoms. The maximum Gasteiger partial charge on any atom is 0.255 e. The van der Waals surface area contributed by atoms with Gasteiger partial charge in [0, 0.05) is 19.2 Å². The third-order valence-electron chi connectivity index (χ3n) is 2.87. The Bertz CT molecular complexity index is 421. The molecule has 0 saturated heterocycles. The number of amides is 1. The fourth-order valence-corrected chi connectivity index (χ4v) is 1.69. The van der Waals surface area contributed by atoms with E-state index in [9.17, 15) is 4.79 Å². The first kappa shape index (κ1) is 16.5. The molecule has 0 radical (unpaired) electrons. The van der Waals surface area contributed by atoms with Crippen molar-refractivity contribution in [3.63, 3.8) is 0 Å². The Labute approximate surface area is 120 Å². The zero-order valence-electron chi connectivity index (χ0n) is 12.4. The van der Waals surface area contributed by atoms with Crippen molar-refractivity contribution in [2.45, 2.75) is 19.4 Å². The Morgan fingerprint density at radius 3 is 2.75 bits per heavy atom. The lowest BCUT2D eigenvalue weighted by Gasteiger charge is -2.16. The number of rotatable bonds is 8. The molecule has 1 atom stereocenters. The van der Waals surface area contributed by atoms with Gasteiger partial charge in [0.25, 0.3) is 5.91 Å². The smallest absolute Gasteiger partial charge is 0.255 e. The Morgan fingerprint density at radius 1 is 1.40 bits per heavy atom. The molecule has 0 fully saturated rings. The number of carbonyl (C=O) groups excluding carboxylic acids is 1. The zero-order chi connectivity index (χ0) is 15.0. The maximum absolute atomic E-state index is 12.2. The summed E-state index contributed by atoms with van der Waals surface area (Å²) in [4.78, 5) is 14.2. The Morgan fingerprint density at radius 2 is 2.10 bits per heavy atom. The first-order valence-corrected chi connectivity index (χ1v) is 6.83. The van der Waals surface area contributed by atoms with Crippen LogP contribution < -0.4 is 10.1 Å². The third kappa shape index (κ3) is 5.59. The molecule has 112 valence electrons. The van der Waals surface area contributed by atoms with E-state index in [0.29, 0.717) is 24.3 Å². The number of aliphatic hydroxyl groups is 1. The largest absolute Gasteiger partial charge is 0.491 e. The Hall–Kier alpha value is -1.59. The quantitative estimate of drug-likeness (QED) is 0.749. The van der Waals surface area contributed by atoms with Crippen LogP contribution in [0.4, 0.5) is 0 Å². The van der Waals surface area contributed by atoms with Crippen LogP contribution in [0.1, 0.15) is 23.7 Å². The number of benzene rings is 1. The number of nitrogens with one attached hydrogen (secondary N) is 1. The van der Waals surface area contributed by atoms with E-state index in [0.717, 1.165) is 6.54 Å². The Balaban J connectivity index is 2.66. The Kier molecular flexibility index (Phi) is 7.04. The molecule has 5 nitrogen and oxygen atoms in total. The van der Waals surface area contributed by atoms with Gasteiger partial charge in [0.2, 0.25) is 0 Å². The van der Waals surface area contributed by atoms with Crippen molar-refractivity contribution in [2.24, 2.45) is 0 Å². The van der Waals surface area contributed by atoms with E-state index in [1.54, 1.807) is 12.1 Å². The molecule has 0 aliphatic carbocycles. The second-order valence-electron chi connectivity index (χ2n) is 5.03. The molecule has 0 unspecified atom stereocenters. The molecular formula is C15H24N2O3. The van der Waals surface area contributed by atoms with Crippen molar-refractivity contribution < 1.29 is 14.6 Å². The monoisotopic (exact) mass is 280 g/mol. The number of carbonyl (C=O) groups is 1. The average molecular weight is 280 g/mol. The van der Waals surface area contributed by atoms with Crippen molar-refractivity contribution in [1.29, 1.82) is 0 Å². The van der Waals surface area contributed by atoms with Gasteiger partial charge < -0.3 is 20.1 Å². The average Bonchev–Trinajstić information content (AvgIpc) is 2.39. The van der Waals surface area contributed by atoms with E-state index >= 15 is 0 Å². The molecule has 0 aliphatic rings. The highest BCUT2D eigenvalue weighted by atomic mass is 16.5. The summed E-state index contributed by atoms with van der Waals surface area (Å²) >= 11 is 0. The molecule has 2 N–H and O–H groups in total. The minimum atomic E-state index is -0.175. The SMILES string of the molecule is C[C@H](CCO)NC(=O)c1ccccc1OCCN(C)C. The maximum atomic E-state index is 12.2. The van der Waals surface area contributed by atoms with Crippen LogP contribution in [0.15, 0.2) is 24.3 Å². The molecule has 1 rings (SSSR count). The number of hydrogen-bond acceptors (Lipinski definition) is 4. The molecule has 0 aromatic heterocycles. The summed E-state index contributed by atoms with van der Waals surface area (Å²) in [5.74, 6) is 0.412. The van der Waals surface area contributed by atoms with E-state index in [1.165, 1.54) is 0 Å². The van der Waals surface area contributed by atoms with Gasteiger partial charge in [-0.05, 0) is 39.6 Å². The van der Waals surface area contributed by atoms with Gasteiger partial charge in [0.05, 0.1) is 5.56 Å². The highest BCUT2D eigenvalue weighted by Gasteiger charge is 2.14. The topological polar surface area (TPSA) is 61.8 Å². The molecule has 0 aliphatic heterocycles. The summed E-state index contributed by atoms with van der Waals surface area (Å²) in [6.45, 7) is 3.24. The van der Waals surface area contributed by atoms with Gasteiger partial charge in [-0.1, -0.05) is 12.1 Å². The fourth-order valence-electron chi connectivity index (χ4n) is 1.69. The standard InChI is InChI=1S/C15H24N2O3/c1-12(8-10-18)16-15(19)13-6-4-5-7-14(13)20-11-9-17(2)3/h4-7,12,18H,8-11H2,1-3H3,(H,16,19)/t12-/m1/s1. The van der Waals surface area contributed by atoms with Crippen LogP contribution in [0.25, 0.3) is 0 Å². The molecule has 1 aromatic rings. The van der Waals surface area contributed by atoms with Crippen molar-refractivity contribution in [1.82, 2.24) is 10.2 Å². The summed E-state index contributed by atoms with van der Waals surface area (Å²) in [7, 11) is 3.94. The van der Waals surface area contributed by atoms with Gasteiger partial charge in [-0.25, -0.2) is 0 Å². The predicted octanol–water partition coefficient (Wildman–Crippen LogP) is 1.13. The van der Waals surface area contributed by atoms with Crippen LogP contribution in [0.5, 0.6) is 5.75 Å². The number of likely N-dealkylation sites (N-methyl/N-ethyl adjacent to an activating group) is 1. The van der Waals surface area contributed by atoms with Crippen LogP contribution >= 0.6 is 0 Å². The van der Waals surface area contributed by atoms with E-state index in [4.69, 9.17) is 9.84 Å². The lowest BCUT2D eigenvalue weighted by Crippen LogP contribution is -2.33. The molecule has 20 heavy (non-hydrogen) atoms. The summed E-state index contributed by atoms with van der Waals surface area (Å²) < 4.78 is 5.66. The van der Waals surface area contributed by atoms with Gasteiger partial charge in [0.1, 0.15) is 12.4 Å². The number of nitrogens with zero attached hydrogens (tertiary/aromatic N) is 1. The minimum absolute atomic E-state index is 0.0580. The van der Waals surface area contributed by atoms with Gasteiger partial charge in [0.15, 0.2) is 0 Å². The third-order valence-corrected chi connectivity index (χ3v) is 2.87. The van der Waals surface area contributed by atoms with Crippen molar-refractivity contribution in [3.8, 4) is 5.75 Å². The number of ether oxygens (including phenoxy) is 1. The van der Waals surface area contributed by atoms with E-state index in [-0.39, 0.29) is 18.6 Å². The number of hydrogen-bond donors (Lipinski definition) is 2. The van der Waals surface area contributed by atoms with Gasteiger partial charge in [-0.2, -0.15) is 0 Å². The van der Waals surface area contributed by atoms with Gasteiger partial charge in [-0.15, -0.1) is 0 Å².